The average molecular weight is 262 g/mol. The van der Waals surface area contributed by atoms with Crippen molar-refractivity contribution in [2.75, 3.05) is 28.2 Å². The van der Waals surface area contributed by atoms with Gasteiger partial charge in [-0.15, -0.1) is 5.10 Å². The normalized spacial score (nSPS) is 10.3. The summed E-state index contributed by atoms with van der Waals surface area (Å²) in [7, 11) is 7.46. The van der Waals surface area contributed by atoms with Crippen molar-refractivity contribution in [2.24, 2.45) is 5.11 Å². The number of hydrogen-bond acceptors (Lipinski definition) is 5. The molecule has 1 N–H and O–H groups in total. The zero-order valence-electron chi connectivity index (χ0n) is 11.3. The molecule has 0 saturated heterocycles. The van der Waals surface area contributed by atoms with Crippen molar-refractivity contribution >= 4 is 22.7 Å². The van der Waals surface area contributed by atoms with Gasteiger partial charge in [0.05, 0.1) is 28.2 Å². The Labute approximate surface area is 110 Å². The maximum Gasteiger partial charge on any atom is 0.471 e. The van der Waals surface area contributed by atoms with Crippen LogP contribution in [0.25, 0.3) is 11.0 Å². The lowest BCUT2D eigenvalue weighted by Gasteiger charge is -2.10. The summed E-state index contributed by atoms with van der Waals surface area (Å²) >= 11 is 0. The molecule has 0 aliphatic rings. The van der Waals surface area contributed by atoms with Crippen molar-refractivity contribution in [1.82, 2.24) is 20.1 Å². The summed E-state index contributed by atoms with van der Waals surface area (Å²) in [6, 6.07) is 5.87. The zero-order valence-corrected chi connectivity index (χ0v) is 11.3. The van der Waals surface area contributed by atoms with E-state index in [1.807, 2.05) is 37.7 Å². The fourth-order valence-corrected chi connectivity index (χ4v) is 1.72. The molecule has 0 fully saturated rings. The van der Waals surface area contributed by atoms with E-state index < -0.39 is 0 Å². The van der Waals surface area contributed by atoms with Crippen molar-refractivity contribution in [1.29, 1.82) is 5.53 Å². The number of nitrogens with one attached hydrogen (secondary N) is 1. The molecule has 0 aliphatic heterocycles. The van der Waals surface area contributed by atoms with E-state index >= 15 is 0 Å². The number of amidine groups is 1. The Hall–Kier alpha value is -2.51. The van der Waals surface area contributed by atoms with Crippen LogP contribution >= 0.6 is 0 Å². The predicted octanol–water partition coefficient (Wildman–Crippen LogP) is 0.712. The molecule has 0 bridgehead atoms. The Morgan fingerprint density at radius 3 is 2.74 bits per heavy atom. The van der Waals surface area contributed by atoms with Gasteiger partial charge in [0.25, 0.3) is 0 Å². The second-order valence-electron chi connectivity index (χ2n) is 4.38. The van der Waals surface area contributed by atoms with Crippen LogP contribution in [0.5, 0.6) is 0 Å². The highest BCUT2D eigenvalue weighted by Gasteiger charge is 2.19. The molecular weight excluding hydrogens is 246 g/mol. The van der Waals surface area contributed by atoms with Crippen LogP contribution in [0.3, 0.4) is 0 Å². The number of aromatic nitrogens is 3. The molecule has 8 heteroatoms. The largest absolute Gasteiger partial charge is 0.471 e. The fourth-order valence-electron chi connectivity index (χ4n) is 1.72. The molecule has 19 heavy (non-hydrogen) atoms. The lowest BCUT2D eigenvalue weighted by Crippen LogP contribution is -2.39. The van der Waals surface area contributed by atoms with Gasteiger partial charge >= 0.3 is 6.02 Å². The first-order valence-electron chi connectivity index (χ1n) is 5.66. The highest BCUT2D eigenvalue weighted by molar-refractivity contribution is 5.86. The third kappa shape index (κ3) is 2.37. The third-order valence-electron chi connectivity index (χ3n) is 2.47. The van der Waals surface area contributed by atoms with E-state index in [1.165, 1.54) is 4.85 Å². The number of benzene rings is 1. The van der Waals surface area contributed by atoms with Gasteiger partial charge in [-0.05, 0) is 17.3 Å². The van der Waals surface area contributed by atoms with Gasteiger partial charge in [-0.3, -0.25) is 4.84 Å². The van der Waals surface area contributed by atoms with Crippen LogP contribution in [-0.4, -0.2) is 58.8 Å². The zero-order chi connectivity index (χ0) is 14.0. The van der Waals surface area contributed by atoms with Crippen molar-refractivity contribution in [2.45, 2.75) is 0 Å². The van der Waals surface area contributed by atoms with Crippen molar-refractivity contribution in [3.63, 3.8) is 0 Å². The molecule has 0 aliphatic carbocycles. The lowest BCUT2D eigenvalue weighted by atomic mass is 10.3. The first-order valence-corrected chi connectivity index (χ1v) is 5.66. The summed E-state index contributed by atoms with van der Waals surface area (Å²) in [5, 5.41) is 11.4. The summed E-state index contributed by atoms with van der Waals surface area (Å²) in [4.78, 5) is 8.79. The summed E-state index contributed by atoms with van der Waals surface area (Å²) in [6.07, 6.45) is 0. The van der Waals surface area contributed by atoms with Gasteiger partial charge in [0.15, 0.2) is 5.52 Å². The Balaban J connectivity index is 2.52. The van der Waals surface area contributed by atoms with Crippen LogP contribution in [0.1, 0.15) is 0 Å². The Morgan fingerprint density at radius 1 is 1.42 bits per heavy atom. The minimum absolute atomic E-state index is 0.458. The Kier molecular flexibility index (Phi) is 3.41. The Morgan fingerprint density at radius 2 is 2.16 bits per heavy atom. The standard InChI is InChI=1S/C11H16N7O/c1-16(2)11(17(3)4)19-18-10-8(13-12)6-5-7-9(10)14-15-18/h5-7,12H,1-4H3/q+1. The monoisotopic (exact) mass is 262 g/mol. The maximum absolute atomic E-state index is 7.19. The fraction of sp³-hybridized carbons (Fsp3) is 0.364. The van der Waals surface area contributed by atoms with Crippen molar-refractivity contribution in [3.8, 4) is 0 Å². The molecule has 0 saturated carbocycles. The smallest absolute Gasteiger partial charge is 0.278 e. The van der Waals surface area contributed by atoms with Gasteiger partial charge in [-0.25, -0.2) is 15.0 Å². The van der Waals surface area contributed by atoms with E-state index in [2.05, 4.69) is 15.4 Å². The molecule has 100 valence electrons. The van der Waals surface area contributed by atoms with Gasteiger partial charge in [-0.2, -0.15) is 5.11 Å². The number of nitrogens with zero attached hydrogens (tertiary/aromatic N) is 6. The molecule has 0 spiro atoms. The van der Waals surface area contributed by atoms with E-state index in [0.717, 1.165) is 0 Å². The van der Waals surface area contributed by atoms with Crippen LogP contribution in [0, 0.1) is 5.53 Å². The van der Waals surface area contributed by atoms with Crippen molar-refractivity contribution in [3.05, 3.63) is 18.2 Å². The van der Waals surface area contributed by atoms with Crippen LogP contribution in [0.15, 0.2) is 23.3 Å². The first-order chi connectivity index (χ1) is 9.04. The molecule has 2 rings (SSSR count). The van der Waals surface area contributed by atoms with Gasteiger partial charge in [0.2, 0.25) is 0 Å². The van der Waals surface area contributed by atoms with E-state index in [1.54, 1.807) is 18.2 Å². The molecule has 1 aromatic heterocycles. The minimum Gasteiger partial charge on any atom is -0.278 e. The van der Waals surface area contributed by atoms with Crippen LogP contribution in [0.4, 0.5) is 5.69 Å². The maximum atomic E-state index is 7.19. The molecular formula is C11H16N7O+. The number of hydrogen-bond donors (Lipinski definition) is 1. The SMILES string of the molecule is CN(C)C(On1nnc2cccc(N=N)c21)=[N+](C)C. The highest BCUT2D eigenvalue weighted by Crippen LogP contribution is 2.23. The summed E-state index contributed by atoms with van der Waals surface area (Å²) in [5.74, 6) is 0. The highest BCUT2D eigenvalue weighted by atomic mass is 16.7. The lowest BCUT2D eigenvalue weighted by molar-refractivity contribution is -0.480. The number of rotatable bonds is 2. The predicted molar refractivity (Wildman–Crippen MR) is 69.7 cm³/mol. The molecule has 0 radical (unpaired) electrons. The van der Waals surface area contributed by atoms with Crippen molar-refractivity contribution < 1.29 is 9.41 Å². The van der Waals surface area contributed by atoms with E-state index in [0.29, 0.717) is 22.7 Å². The van der Waals surface area contributed by atoms with Gasteiger partial charge in [-0.1, -0.05) is 10.9 Å². The first kappa shape index (κ1) is 12.9. The third-order valence-corrected chi connectivity index (χ3v) is 2.47. The average Bonchev–Trinajstić information content (AvgIpc) is 2.78. The van der Waals surface area contributed by atoms with E-state index in [9.17, 15) is 0 Å². The van der Waals surface area contributed by atoms with Gasteiger partial charge in [0.1, 0.15) is 11.2 Å². The topological polar surface area (TPSA) is 82.4 Å². The molecule has 2 aromatic rings. The number of fused-ring (bicyclic) bond motifs is 1. The minimum atomic E-state index is 0.458. The summed E-state index contributed by atoms with van der Waals surface area (Å²) in [6.45, 7) is 0. The summed E-state index contributed by atoms with van der Waals surface area (Å²) in [5.41, 5.74) is 8.84. The van der Waals surface area contributed by atoms with E-state index in [-0.39, 0.29) is 0 Å². The molecule has 8 nitrogen and oxygen atoms in total. The second-order valence-corrected chi connectivity index (χ2v) is 4.38. The Bertz CT molecular complexity index is 640. The summed E-state index contributed by atoms with van der Waals surface area (Å²) < 4.78 is 1.81. The number of para-hydroxylation sites is 1. The molecule has 0 amide bonds. The molecule has 0 atom stereocenters. The van der Waals surface area contributed by atoms with Crippen LogP contribution in [-0.2, 0) is 0 Å². The van der Waals surface area contributed by atoms with Gasteiger partial charge < -0.3 is 0 Å². The molecule has 1 aromatic carbocycles. The van der Waals surface area contributed by atoms with Crippen LogP contribution in [0.2, 0.25) is 0 Å². The molecule has 1 heterocycles. The molecule has 0 unspecified atom stereocenters. The second kappa shape index (κ2) is 5.01. The quantitative estimate of drug-likeness (QED) is 0.374. The van der Waals surface area contributed by atoms with E-state index in [4.69, 9.17) is 10.4 Å². The van der Waals surface area contributed by atoms with Gasteiger partial charge in [0, 0.05) is 0 Å². The van der Waals surface area contributed by atoms with Crippen LogP contribution < -0.4 is 4.84 Å².